The Bertz CT molecular complexity index is 800. The van der Waals surface area contributed by atoms with Gasteiger partial charge in [-0.05, 0) is 37.0 Å². The van der Waals surface area contributed by atoms with Gasteiger partial charge in [0.25, 0.3) is 0 Å². The number of benzene rings is 1. The monoisotopic (exact) mass is 362 g/mol. The molecular weight excluding hydrogens is 344 g/mol. The molecule has 1 aliphatic heterocycles. The molecule has 0 aliphatic carbocycles. The van der Waals surface area contributed by atoms with Crippen LogP contribution in [0.3, 0.4) is 0 Å². The number of anilines is 3. The van der Waals surface area contributed by atoms with Gasteiger partial charge in [-0.1, -0.05) is 17.7 Å². The maximum Gasteiger partial charge on any atom is 0.329 e. The lowest BCUT2D eigenvalue weighted by atomic mass is 10.1. The molecule has 1 saturated heterocycles. The molecule has 1 aromatic heterocycles. The number of nitrogens with zero attached hydrogens (tertiary/aromatic N) is 4. The zero-order chi connectivity index (χ0) is 18.0. The van der Waals surface area contributed by atoms with Gasteiger partial charge in [0.2, 0.25) is 11.8 Å². The topological polar surface area (TPSA) is 110 Å². The van der Waals surface area contributed by atoms with E-state index in [9.17, 15) is 10.1 Å². The largest absolute Gasteiger partial charge is 0.378 e. The third-order valence-electron chi connectivity index (χ3n) is 4.34. The molecule has 0 bridgehead atoms. The number of nitrogens with one attached hydrogen (secondary N) is 1. The fourth-order valence-corrected chi connectivity index (χ4v) is 3.16. The van der Waals surface area contributed by atoms with Gasteiger partial charge in [-0.25, -0.2) is 4.98 Å². The van der Waals surface area contributed by atoms with E-state index in [0.717, 1.165) is 36.4 Å². The predicted molar refractivity (Wildman–Crippen MR) is 98.1 cm³/mol. The van der Waals surface area contributed by atoms with Crippen molar-refractivity contribution in [1.82, 2.24) is 9.97 Å². The van der Waals surface area contributed by atoms with Crippen molar-refractivity contribution < 1.29 is 4.92 Å². The van der Waals surface area contributed by atoms with Crippen LogP contribution in [0.2, 0.25) is 5.02 Å². The Balaban J connectivity index is 1.59. The first-order chi connectivity index (χ1) is 11.9. The Morgan fingerprint density at radius 3 is 3.04 bits per heavy atom. The molecule has 1 fully saturated rings. The molecular formula is C16H19ClN6O2. The SMILES string of the molecule is Cc1ccc(Cl)cc1N1CCC(CNc2ncc([N+](=O)[O-])c(N)n2)C1. The molecule has 25 heavy (non-hydrogen) atoms. The standard InChI is InChI=1S/C16H19ClN6O2/c1-10-2-3-12(17)6-13(10)22-5-4-11(9-22)7-19-16-20-8-14(23(24)25)15(18)21-16/h2-3,6,8,11H,4-5,7,9H2,1H3,(H3,18,19,20,21). The first-order valence-electron chi connectivity index (χ1n) is 7.96. The second-order valence-electron chi connectivity index (χ2n) is 6.13. The summed E-state index contributed by atoms with van der Waals surface area (Å²) in [6.07, 6.45) is 2.16. The number of aryl methyl sites for hydroxylation is 1. The minimum absolute atomic E-state index is 0.134. The van der Waals surface area contributed by atoms with Gasteiger partial charge in [-0.3, -0.25) is 10.1 Å². The lowest BCUT2D eigenvalue weighted by Gasteiger charge is -2.21. The summed E-state index contributed by atoms with van der Waals surface area (Å²) in [4.78, 5) is 20.3. The number of rotatable bonds is 5. The van der Waals surface area contributed by atoms with E-state index in [0.29, 0.717) is 18.4 Å². The van der Waals surface area contributed by atoms with E-state index >= 15 is 0 Å². The smallest absolute Gasteiger partial charge is 0.329 e. The average molecular weight is 363 g/mol. The van der Waals surface area contributed by atoms with E-state index < -0.39 is 4.92 Å². The van der Waals surface area contributed by atoms with Gasteiger partial charge >= 0.3 is 5.69 Å². The summed E-state index contributed by atoms with van der Waals surface area (Å²) in [6, 6.07) is 5.91. The van der Waals surface area contributed by atoms with Gasteiger partial charge in [0.15, 0.2) is 0 Å². The maximum atomic E-state index is 10.7. The number of nitrogen functional groups attached to an aromatic ring is 1. The highest BCUT2D eigenvalue weighted by Gasteiger charge is 2.24. The van der Waals surface area contributed by atoms with Crippen molar-refractivity contribution >= 4 is 34.7 Å². The van der Waals surface area contributed by atoms with Crippen molar-refractivity contribution in [3.8, 4) is 0 Å². The van der Waals surface area contributed by atoms with Gasteiger partial charge in [0.05, 0.1) is 4.92 Å². The summed E-state index contributed by atoms with van der Waals surface area (Å²) in [5.74, 6) is 0.587. The van der Waals surface area contributed by atoms with Crippen molar-refractivity contribution in [3.05, 3.63) is 45.1 Å². The Morgan fingerprint density at radius 2 is 2.32 bits per heavy atom. The van der Waals surface area contributed by atoms with Crippen LogP contribution in [0, 0.1) is 23.0 Å². The second-order valence-corrected chi connectivity index (χ2v) is 6.57. The molecule has 2 heterocycles. The van der Waals surface area contributed by atoms with Gasteiger partial charge in [-0.2, -0.15) is 4.98 Å². The van der Waals surface area contributed by atoms with Crippen molar-refractivity contribution in [1.29, 1.82) is 0 Å². The minimum atomic E-state index is -0.596. The molecule has 1 aliphatic rings. The summed E-state index contributed by atoms with van der Waals surface area (Å²) in [5, 5.41) is 14.6. The number of nitro groups is 1. The van der Waals surface area contributed by atoms with Gasteiger partial charge in [0.1, 0.15) is 6.20 Å². The predicted octanol–water partition coefficient (Wildman–Crippen LogP) is 2.87. The Hall–Kier alpha value is -2.61. The average Bonchev–Trinajstić information content (AvgIpc) is 3.03. The second kappa shape index (κ2) is 7.10. The maximum absolute atomic E-state index is 10.7. The highest BCUT2D eigenvalue weighted by atomic mass is 35.5. The zero-order valence-corrected chi connectivity index (χ0v) is 14.5. The van der Waals surface area contributed by atoms with Crippen LogP contribution >= 0.6 is 11.6 Å². The normalized spacial score (nSPS) is 16.9. The molecule has 2 aromatic rings. The van der Waals surface area contributed by atoms with E-state index in [4.69, 9.17) is 17.3 Å². The van der Waals surface area contributed by atoms with Gasteiger partial charge in [0, 0.05) is 30.3 Å². The highest BCUT2D eigenvalue weighted by molar-refractivity contribution is 6.30. The van der Waals surface area contributed by atoms with Crippen LogP contribution in [0.4, 0.5) is 23.1 Å². The van der Waals surface area contributed by atoms with Gasteiger partial charge < -0.3 is 16.0 Å². The Kier molecular flexibility index (Phi) is 4.89. The van der Waals surface area contributed by atoms with Crippen LogP contribution < -0.4 is 16.0 Å². The van der Waals surface area contributed by atoms with Crippen LogP contribution in [0.5, 0.6) is 0 Å². The van der Waals surface area contributed by atoms with E-state index in [-0.39, 0.29) is 11.5 Å². The quantitative estimate of drug-likeness (QED) is 0.621. The molecule has 0 spiro atoms. The summed E-state index contributed by atoms with van der Waals surface area (Å²) in [6.45, 7) is 4.60. The molecule has 1 atom stereocenters. The molecule has 1 aromatic carbocycles. The Labute approximate surface area is 150 Å². The molecule has 3 N–H and O–H groups in total. The third-order valence-corrected chi connectivity index (χ3v) is 4.58. The highest BCUT2D eigenvalue weighted by Crippen LogP contribution is 2.29. The number of hydrogen-bond acceptors (Lipinski definition) is 7. The lowest BCUT2D eigenvalue weighted by molar-refractivity contribution is -0.384. The van der Waals surface area contributed by atoms with Crippen LogP contribution in [0.25, 0.3) is 0 Å². The minimum Gasteiger partial charge on any atom is -0.378 e. The van der Waals surface area contributed by atoms with Crippen molar-refractivity contribution in [2.24, 2.45) is 5.92 Å². The van der Waals surface area contributed by atoms with Crippen molar-refractivity contribution in [2.45, 2.75) is 13.3 Å². The number of halogens is 1. The summed E-state index contributed by atoms with van der Waals surface area (Å²) < 4.78 is 0. The number of aromatic nitrogens is 2. The molecule has 0 saturated carbocycles. The van der Waals surface area contributed by atoms with E-state index in [2.05, 4.69) is 27.1 Å². The molecule has 8 nitrogen and oxygen atoms in total. The van der Waals surface area contributed by atoms with E-state index in [1.165, 1.54) is 5.56 Å². The zero-order valence-electron chi connectivity index (χ0n) is 13.8. The number of nitrogens with two attached hydrogens (primary N) is 1. The van der Waals surface area contributed by atoms with Crippen LogP contribution in [0.1, 0.15) is 12.0 Å². The van der Waals surface area contributed by atoms with E-state index in [1.807, 2.05) is 18.2 Å². The molecule has 0 radical (unpaired) electrons. The summed E-state index contributed by atoms with van der Waals surface area (Å²) in [7, 11) is 0. The van der Waals surface area contributed by atoms with Crippen LogP contribution in [0.15, 0.2) is 24.4 Å². The fourth-order valence-electron chi connectivity index (χ4n) is 2.99. The van der Waals surface area contributed by atoms with Crippen LogP contribution in [-0.2, 0) is 0 Å². The lowest BCUT2D eigenvalue weighted by Crippen LogP contribution is -2.23. The summed E-state index contributed by atoms with van der Waals surface area (Å²) >= 11 is 6.11. The van der Waals surface area contributed by atoms with E-state index in [1.54, 1.807) is 0 Å². The Morgan fingerprint density at radius 1 is 1.52 bits per heavy atom. The molecule has 1 unspecified atom stereocenters. The fraction of sp³-hybridized carbons (Fsp3) is 0.375. The van der Waals surface area contributed by atoms with Crippen molar-refractivity contribution in [3.63, 3.8) is 0 Å². The molecule has 132 valence electrons. The van der Waals surface area contributed by atoms with Crippen molar-refractivity contribution in [2.75, 3.05) is 35.6 Å². The molecule has 3 rings (SSSR count). The molecule has 9 heteroatoms. The van der Waals surface area contributed by atoms with Crippen LogP contribution in [-0.4, -0.2) is 34.5 Å². The first kappa shape index (κ1) is 17.2. The number of hydrogen-bond donors (Lipinski definition) is 2. The third kappa shape index (κ3) is 3.90. The first-order valence-corrected chi connectivity index (χ1v) is 8.33. The van der Waals surface area contributed by atoms with Gasteiger partial charge in [-0.15, -0.1) is 0 Å². The summed E-state index contributed by atoms with van der Waals surface area (Å²) in [5.41, 5.74) is 7.65. The molecule has 0 amide bonds.